The maximum absolute atomic E-state index is 13.0. The number of hydrogen-bond acceptors (Lipinski definition) is 4. The van der Waals surface area contributed by atoms with Crippen molar-refractivity contribution in [3.05, 3.63) is 77.9 Å². The van der Waals surface area contributed by atoms with Gasteiger partial charge in [0.25, 0.3) is 11.8 Å². The van der Waals surface area contributed by atoms with Gasteiger partial charge in [0.15, 0.2) is 0 Å². The molecule has 5 nitrogen and oxygen atoms in total. The van der Waals surface area contributed by atoms with Crippen molar-refractivity contribution in [2.45, 2.75) is 12.8 Å². The highest BCUT2D eigenvalue weighted by molar-refractivity contribution is 6.25. The number of imide groups is 1. The predicted molar refractivity (Wildman–Crippen MR) is 124 cm³/mol. The number of para-hydroxylation sites is 1. The molecule has 0 aliphatic carbocycles. The van der Waals surface area contributed by atoms with Crippen molar-refractivity contribution < 1.29 is 9.59 Å². The molecule has 3 aromatic carbocycles. The number of carbonyl (C=O) groups is 2. The van der Waals surface area contributed by atoms with Gasteiger partial charge >= 0.3 is 0 Å². The van der Waals surface area contributed by atoms with Gasteiger partial charge in [-0.3, -0.25) is 19.4 Å². The van der Waals surface area contributed by atoms with Crippen molar-refractivity contribution in [3.8, 4) is 0 Å². The molecule has 0 bridgehead atoms. The molecule has 1 fully saturated rings. The number of rotatable bonds is 6. The molecule has 0 saturated carbocycles. The van der Waals surface area contributed by atoms with Gasteiger partial charge in [0.05, 0.1) is 0 Å². The molecule has 3 aromatic rings. The van der Waals surface area contributed by atoms with E-state index in [1.54, 1.807) is 0 Å². The van der Waals surface area contributed by atoms with E-state index >= 15 is 0 Å². The van der Waals surface area contributed by atoms with Crippen LogP contribution < -0.4 is 4.90 Å². The highest BCUT2D eigenvalue weighted by atomic mass is 16.2. The van der Waals surface area contributed by atoms with E-state index in [1.165, 1.54) is 10.6 Å². The van der Waals surface area contributed by atoms with Crippen LogP contribution in [-0.2, 0) is 0 Å². The summed E-state index contributed by atoms with van der Waals surface area (Å²) in [7, 11) is 0. The van der Waals surface area contributed by atoms with Crippen molar-refractivity contribution in [3.63, 3.8) is 0 Å². The number of hydrogen-bond donors (Lipinski definition) is 0. The lowest BCUT2D eigenvalue weighted by atomic mass is 9.94. The zero-order valence-electron chi connectivity index (χ0n) is 17.7. The summed E-state index contributed by atoms with van der Waals surface area (Å²) >= 11 is 0. The van der Waals surface area contributed by atoms with E-state index in [9.17, 15) is 9.59 Å². The summed E-state index contributed by atoms with van der Waals surface area (Å²) in [4.78, 5) is 32.3. The third-order valence-corrected chi connectivity index (χ3v) is 6.46. The van der Waals surface area contributed by atoms with Crippen LogP contribution in [0, 0.1) is 0 Å². The van der Waals surface area contributed by atoms with Crippen LogP contribution in [0.3, 0.4) is 0 Å². The van der Waals surface area contributed by atoms with E-state index in [0.717, 1.165) is 56.3 Å². The Kier molecular flexibility index (Phi) is 5.43. The molecule has 2 amide bonds. The third kappa shape index (κ3) is 3.81. The SMILES string of the molecule is O=C1c2cccc3cccc(c23)C(=O)N1CCCCN1CCN(c2ccccc2)CC1. The molecule has 2 aliphatic heterocycles. The van der Waals surface area contributed by atoms with Gasteiger partial charge in [0.1, 0.15) is 0 Å². The molecular formula is C26H27N3O2. The highest BCUT2D eigenvalue weighted by Crippen LogP contribution is 2.30. The molecule has 31 heavy (non-hydrogen) atoms. The lowest BCUT2D eigenvalue weighted by Gasteiger charge is -2.36. The molecule has 158 valence electrons. The number of unbranched alkanes of at least 4 members (excludes halogenated alkanes) is 1. The maximum atomic E-state index is 13.0. The second kappa shape index (κ2) is 8.52. The number of carbonyl (C=O) groups excluding carboxylic acids is 2. The Morgan fingerprint density at radius 1 is 0.645 bits per heavy atom. The average Bonchev–Trinajstić information content (AvgIpc) is 2.83. The van der Waals surface area contributed by atoms with Crippen molar-refractivity contribution >= 4 is 28.3 Å². The lowest BCUT2D eigenvalue weighted by Crippen LogP contribution is -2.46. The Morgan fingerprint density at radius 2 is 1.26 bits per heavy atom. The fourth-order valence-corrected chi connectivity index (χ4v) is 4.76. The molecular weight excluding hydrogens is 386 g/mol. The fourth-order valence-electron chi connectivity index (χ4n) is 4.76. The van der Waals surface area contributed by atoms with Crippen molar-refractivity contribution in [2.75, 3.05) is 44.2 Å². The number of benzene rings is 3. The van der Waals surface area contributed by atoms with Gasteiger partial charge in [-0.1, -0.05) is 42.5 Å². The molecule has 0 unspecified atom stereocenters. The molecule has 0 radical (unpaired) electrons. The monoisotopic (exact) mass is 413 g/mol. The third-order valence-electron chi connectivity index (χ3n) is 6.46. The Labute approximate surface area is 182 Å². The van der Waals surface area contributed by atoms with Gasteiger partial charge in [-0.15, -0.1) is 0 Å². The van der Waals surface area contributed by atoms with Gasteiger partial charge in [-0.25, -0.2) is 0 Å². The van der Waals surface area contributed by atoms with Crippen molar-refractivity contribution in [1.29, 1.82) is 0 Å². The Hall–Kier alpha value is -3.18. The summed E-state index contributed by atoms with van der Waals surface area (Å²) in [6.45, 7) is 5.65. The molecule has 5 rings (SSSR count). The molecule has 2 heterocycles. The minimum absolute atomic E-state index is 0.161. The van der Waals surface area contributed by atoms with Crippen LogP contribution in [-0.4, -0.2) is 60.9 Å². The summed E-state index contributed by atoms with van der Waals surface area (Å²) in [5, 5.41) is 1.75. The van der Waals surface area contributed by atoms with E-state index in [-0.39, 0.29) is 11.8 Å². The topological polar surface area (TPSA) is 43.9 Å². The summed E-state index contributed by atoms with van der Waals surface area (Å²) in [5.74, 6) is -0.323. The normalized spacial score (nSPS) is 16.9. The quantitative estimate of drug-likeness (QED) is 0.452. The maximum Gasteiger partial charge on any atom is 0.261 e. The first kappa shape index (κ1) is 19.8. The first-order valence-corrected chi connectivity index (χ1v) is 11.1. The molecule has 0 N–H and O–H groups in total. The van der Waals surface area contributed by atoms with Crippen LogP contribution in [0.1, 0.15) is 33.6 Å². The van der Waals surface area contributed by atoms with E-state index in [1.807, 2.05) is 36.4 Å². The molecule has 0 spiro atoms. The van der Waals surface area contributed by atoms with Crippen LogP contribution in [0.4, 0.5) is 5.69 Å². The smallest absolute Gasteiger partial charge is 0.261 e. The Bertz CT molecular complexity index is 1050. The summed E-state index contributed by atoms with van der Waals surface area (Å²) in [6, 6.07) is 21.9. The van der Waals surface area contributed by atoms with Crippen molar-refractivity contribution in [2.24, 2.45) is 0 Å². The largest absolute Gasteiger partial charge is 0.369 e. The molecule has 0 atom stereocenters. The minimum atomic E-state index is -0.161. The van der Waals surface area contributed by atoms with E-state index in [0.29, 0.717) is 17.7 Å². The second-order valence-electron chi connectivity index (χ2n) is 8.34. The summed E-state index contributed by atoms with van der Waals surface area (Å²) in [6.07, 6.45) is 1.81. The van der Waals surface area contributed by atoms with Gasteiger partial charge in [-0.05, 0) is 49.0 Å². The van der Waals surface area contributed by atoms with E-state index in [2.05, 4.69) is 40.1 Å². The number of nitrogens with zero attached hydrogens (tertiary/aromatic N) is 3. The van der Waals surface area contributed by atoms with Crippen LogP contribution >= 0.6 is 0 Å². The molecule has 0 aromatic heterocycles. The molecule has 1 saturated heterocycles. The fraction of sp³-hybridized carbons (Fsp3) is 0.308. The predicted octanol–water partition coefficient (Wildman–Crippen LogP) is 4.04. The van der Waals surface area contributed by atoms with Crippen LogP contribution in [0.5, 0.6) is 0 Å². The second-order valence-corrected chi connectivity index (χ2v) is 8.34. The zero-order valence-corrected chi connectivity index (χ0v) is 17.7. The van der Waals surface area contributed by atoms with E-state index < -0.39 is 0 Å². The van der Waals surface area contributed by atoms with Crippen molar-refractivity contribution in [1.82, 2.24) is 9.80 Å². The van der Waals surface area contributed by atoms with E-state index in [4.69, 9.17) is 0 Å². The van der Waals surface area contributed by atoms with Gasteiger partial charge < -0.3 is 4.90 Å². The summed E-state index contributed by atoms with van der Waals surface area (Å²) < 4.78 is 0. The Morgan fingerprint density at radius 3 is 1.90 bits per heavy atom. The highest BCUT2D eigenvalue weighted by Gasteiger charge is 2.32. The van der Waals surface area contributed by atoms with Crippen LogP contribution in [0.15, 0.2) is 66.7 Å². The lowest BCUT2D eigenvalue weighted by molar-refractivity contribution is 0.0606. The summed E-state index contributed by atoms with van der Waals surface area (Å²) in [5.41, 5.74) is 2.58. The number of anilines is 1. The minimum Gasteiger partial charge on any atom is -0.369 e. The standard InChI is InChI=1S/C26H27N3O2/c30-25-22-12-6-8-20-9-7-13-23(24(20)22)26(31)29(25)15-5-4-14-27-16-18-28(19-17-27)21-10-2-1-3-11-21/h1-3,6-13H,4-5,14-19H2. The first-order valence-electron chi connectivity index (χ1n) is 11.1. The number of piperazine rings is 1. The number of amides is 2. The Balaban J connectivity index is 1.14. The van der Waals surface area contributed by atoms with Gasteiger partial charge in [0, 0.05) is 54.9 Å². The molecule has 2 aliphatic rings. The van der Waals surface area contributed by atoms with Gasteiger partial charge in [-0.2, -0.15) is 0 Å². The average molecular weight is 414 g/mol. The van der Waals surface area contributed by atoms with Gasteiger partial charge in [0.2, 0.25) is 0 Å². The van der Waals surface area contributed by atoms with Crippen LogP contribution in [0.2, 0.25) is 0 Å². The van der Waals surface area contributed by atoms with Crippen LogP contribution in [0.25, 0.3) is 10.8 Å². The molecule has 5 heteroatoms. The zero-order chi connectivity index (χ0) is 21.2. The first-order chi connectivity index (χ1) is 15.2.